The Morgan fingerprint density at radius 3 is 2.29 bits per heavy atom. The fourth-order valence-electron chi connectivity index (χ4n) is 4.25. The highest BCUT2D eigenvalue weighted by Gasteiger charge is 2.36. The molecule has 10 nitrogen and oxygen atoms in total. The molecule has 41 heavy (non-hydrogen) atoms. The number of alkyl carbamates (subject to hydrolysis) is 1. The van der Waals surface area contributed by atoms with E-state index in [4.69, 9.17) is 9.47 Å². The third kappa shape index (κ3) is 10.8. The van der Waals surface area contributed by atoms with E-state index in [1.54, 1.807) is 46.8 Å². The maximum Gasteiger partial charge on any atom is 0.408 e. The summed E-state index contributed by atoms with van der Waals surface area (Å²) in [6.07, 6.45) is -0.0799. The lowest BCUT2D eigenvalue weighted by molar-refractivity contribution is -0.144. The Labute approximate surface area is 242 Å². The Balaban J connectivity index is 2.48. The molecule has 2 aromatic rings. The lowest BCUT2D eigenvalue weighted by Crippen LogP contribution is -2.54. The topological polar surface area (TPSA) is 134 Å². The van der Waals surface area contributed by atoms with E-state index < -0.39 is 41.6 Å². The molecule has 224 valence electrons. The second-order valence-corrected chi connectivity index (χ2v) is 10.7. The Morgan fingerprint density at radius 1 is 1.02 bits per heavy atom. The van der Waals surface area contributed by atoms with Crippen LogP contribution in [0.1, 0.15) is 70.2 Å². The van der Waals surface area contributed by atoms with Crippen molar-refractivity contribution in [2.45, 2.75) is 78.5 Å². The second-order valence-electron chi connectivity index (χ2n) is 10.7. The standard InChI is InChI=1S/C31H43N3O7/c1-7-18-34(29(38)24(20-22-12-10-9-11-13-22)33-30(39)41-31(4,5)6)27(23-14-15-25(35)21(3)19-23)28(37)32-17-16-26(36)40-8-2/h9-15,19,24,27,35H,7-8,16-18,20H2,1-6H3,(H,32,37)(H,33,39). The molecule has 0 bridgehead atoms. The molecule has 0 aromatic heterocycles. The van der Waals surface area contributed by atoms with Gasteiger partial charge in [0.2, 0.25) is 11.8 Å². The van der Waals surface area contributed by atoms with Gasteiger partial charge in [0.15, 0.2) is 0 Å². The first-order chi connectivity index (χ1) is 19.4. The summed E-state index contributed by atoms with van der Waals surface area (Å²) < 4.78 is 10.4. The summed E-state index contributed by atoms with van der Waals surface area (Å²) in [5.41, 5.74) is 1.04. The van der Waals surface area contributed by atoms with Gasteiger partial charge in [-0.2, -0.15) is 0 Å². The van der Waals surface area contributed by atoms with Crippen LogP contribution in [-0.2, 0) is 30.3 Å². The number of esters is 1. The van der Waals surface area contributed by atoms with E-state index in [0.29, 0.717) is 17.5 Å². The number of phenolic OH excluding ortho intramolecular Hbond substituents is 1. The van der Waals surface area contributed by atoms with Gasteiger partial charge in [0.05, 0.1) is 13.0 Å². The maximum atomic E-state index is 14.2. The van der Waals surface area contributed by atoms with Crippen molar-refractivity contribution in [1.29, 1.82) is 0 Å². The van der Waals surface area contributed by atoms with Crippen molar-refractivity contribution < 1.29 is 33.8 Å². The third-order valence-corrected chi connectivity index (χ3v) is 6.05. The Morgan fingerprint density at radius 2 is 1.71 bits per heavy atom. The summed E-state index contributed by atoms with van der Waals surface area (Å²) >= 11 is 0. The van der Waals surface area contributed by atoms with Gasteiger partial charge < -0.3 is 30.1 Å². The lowest BCUT2D eigenvalue weighted by Gasteiger charge is -2.34. The second kappa shape index (κ2) is 15.6. The molecule has 2 rings (SSSR count). The van der Waals surface area contributed by atoms with Crippen molar-refractivity contribution >= 4 is 23.9 Å². The molecule has 0 fully saturated rings. The van der Waals surface area contributed by atoms with E-state index in [2.05, 4.69) is 10.6 Å². The summed E-state index contributed by atoms with van der Waals surface area (Å²) in [5.74, 6) is -1.37. The number of benzene rings is 2. The number of amides is 3. The largest absolute Gasteiger partial charge is 0.508 e. The molecule has 0 heterocycles. The van der Waals surface area contributed by atoms with Gasteiger partial charge in [0, 0.05) is 19.5 Å². The average Bonchev–Trinajstić information content (AvgIpc) is 2.89. The van der Waals surface area contributed by atoms with Crippen LogP contribution in [0.15, 0.2) is 48.5 Å². The molecule has 0 aliphatic heterocycles. The van der Waals surface area contributed by atoms with Gasteiger partial charge in [-0.25, -0.2) is 4.79 Å². The van der Waals surface area contributed by atoms with Crippen molar-refractivity contribution in [3.05, 3.63) is 65.2 Å². The Hall–Kier alpha value is -4.08. The molecule has 0 saturated carbocycles. The van der Waals surface area contributed by atoms with Gasteiger partial charge in [-0.05, 0) is 69.9 Å². The van der Waals surface area contributed by atoms with Gasteiger partial charge in [-0.1, -0.05) is 43.3 Å². The molecule has 2 aromatic carbocycles. The average molecular weight is 570 g/mol. The lowest BCUT2D eigenvalue weighted by atomic mass is 9.98. The van der Waals surface area contributed by atoms with E-state index in [-0.39, 0.29) is 38.3 Å². The van der Waals surface area contributed by atoms with Crippen molar-refractivity contribution in [2.24, 2.45) is 0 Å². The highest BCUT2D eigenvalue weighted by Crippen LogP contribution is 2.27. The third-order valence-electron chi connectivity index (χ3n) is 6.05. The summed E-state index contributed by atoms with van der Waals surface area (Å²) in [5, 5.41) is 15.6. The SMILES string of the molecule is CCCN(C(=O)C(Cc1ccccc1)NC(=O)OC(C)(C)C)C(C(=O)NCCC(=O)OCC)c1ccc(O)c(C)c1. The van der Waals surface area contributed by atoms with Crippen molar-refractivity contribution in [1.82, 2.24) is 15.5 Å². The minimum absolute atomic E-state index is 0.0169. The van der Waals surface area contributed by atoms with E-state index >= 15 is 0 Å². The molecule has 0 spiro atoms. The van der Waals surface area contributed by atoms with Crippen molar-refractivity contribution in [3.63, 3.8) is 0 Å². The first-order valence-corrected chi connectivity index (χ1v) is 13.9. The molecule has 0 saturated heterocycles. The van der Waals surface area contributed by atoms with Crippen LogP contribution in [0.3, 0.4) is 0 Å². The van der Waals surface area contributed by atoms with E-state index in [1.165, 1.54) is 11.0 Å². The first kappa shape index (κ1) is 33.1. The van der Waals surface area contributed by atoms with Crippen molar-refractivity contribution in [2.75, 3.05) is 19.7 Å². The zero-order chi connectivity index (χ0) is 30.6. The number of carbonyl (C=O) groups is 4. The summed E-state index contributed by atoms with van der Waals surface area (Å²) in [6, 6.07) is 11.8. The van der Waals surface area contributed by atoms with Crippen LogP contribution >= 0.6 is 0 Å². The van der Waals surface area contributed by atoms with Gasteiger partial charge in [-0.15, -0.1) is 0 Å². The van der Waals surface area contributed by atoms with Crippen LogP contribution in [0.25, 0.3) is 0 Å². The molecule has 0 radical (unpaired) electrons. The number of aryl methyl sites for hydroxylation is 1. The van der Waals surface area contributed by atoms with Gasteiger partial charge in [0.25, 0.3) is 0 Å². The molecule has 10 heteroatoms. The molecular weight excluding hydrogens is 526 g/mol. The predicted octanol–water partition coefficient (Wildman–Crippen LogP) is 4.19. The van der Waals surface area contributed by atoms with Crippen molar-refractivity contribution in [3.8, 4) is 5.75 Å². The first-order valence-electron chi connectivity index (χ1n) is 13.9. The van der Waals surface area contributed by atoms with Crippen LogP contribution in [0.5, 0.6) is 5.75 Å². The number of hydrogen-bond donors (Lipinski definition) is 3. The highest BCUT2D eigenvalue weighted by molar-refractivity contribution is 5.92. The molecule has 3 N–H and O–H groups in total. The number of rotatable bonds is 13. The zero-order valence-electron chi connectivity index (χ0n) is 24.9. The molecule has 0 aliphatic carbocycles. The van der Waals surface area contributed by atoms with Crippen LogP contribution in [0.4, 0.5) is 4.79 Å². The smallest absolute Gasteiger partial charge is 0.408 e. The molecule has 2 unspecified atom stereocenters. The van der Waals surface area contributed by atoms with Crippen LogP contribution in [0.2, 0.25) is 0 Å². The Bertz CT molecular complexity index is 1180. The highest BCUT2D eigenvalue weighted by atomic mass is 16.6. The van der Waals surface area contributed by atoms with Gasteiger partial charge in [0.1, 0.15) is 23.4 Å². The van der Waals surface area contributed by atoms with E-state index in [1.807, 2.05) is 37.3 Å². The van der Waals surface area contributed by atoms with Gasteiger partial charge >= 0.3 is 12.1 Å². The van der Waals surface area contributed by atoms with Gasteiger partial charge in [-0.3, -0.25) is 14.4 Å². The number of carbonyl (C=O) groups excluding carboxylic acids is 4. The van der Waals surface area contributed by atoms with Crippen LogP contribution in [-0.4, -0.2) is 65.2 Å². The fourth-order valence-corrected chi connectivity index (χ4v) is 4.25. The summed E-state index contributed by atoms with van der Waals surface area (Å²) in [4.78, 5) is 54.0. The molecular formula is C31H43N3O7. The molecule has 2 atom stereocenters. The number of phenols is 1. The van der Waals surface area contributed by atoms with Crippen LogP contribution < -0.4 is 10.6 Å². The minimum atomic E-state index is -1.09. The zero-order valence-corrected chi connectivity index (χ0v) is 24.9. The molecule has 3 amide bonds. The monoisotopic (exact) mass is 569 g/mol. The predicted molar refractivity (Wildman–Crippen MR) is 155 cm³/mol. The molecule has 0 aliphatic rings. The maximum absolute atomic E-state index is 14.2. The van der Waals surface area contributed by atoms with Crippen LogP contribution in [0, 0.1) is 6.92 Å². The number of nitrogens with one attached hydrogen (secondary N) is 2. The number of ether oxygens (including phenoxy) is 2. The number of hydrogen-bond acceptors (Lipinski definition) is 7. The number of nitrogens with zero attached hydrogens (tertiary/aromatic N) is 1. The Kier molecular flexibility index (Phi) is 12.6. The minimum Gasteiger partial charge on any atom is -0.508 e. The summed E-state index contributed by atoms with van der Waals surface area (Å²) in [6.45, 7) is 10.9. The quantitative estimate of drug-likeness (QED) is 0.308. The summed E-state index contributed by atoms with van der Waals surface area (Å²) in [7, 11) is 0. The van der Waals surface area contributed by atoms with E-state index in [0.717, 1.165) is 5.56 Å². The number of aromatic hydroxyl groups is 1. The normalized spacial score (nSPS) is 12.5. The fraction of sp³-hybridized carbons (Fsp3) is 0.484. The van der Waals surface area contributed by atoms with E-state index in [9.17, 15) is 24.3 Å².